The van der Waals surface area contributed by atoms with Gasteiger partial charge in [0, 0.05) is 12.2 Å². The third-order valence-corrected chi connectivity index (χ3v) is 5.43. The first-order valence-electron chi connectivity index (χ1n) is 9.91. The van der Waals surface area contributed by atoms with Gasteiger partial charge < -0.3 is 9.47 Å². The molecule has 2 heterocycles. The van der Waals surface area contributed by atoms with Gasteiger partial charge in [0.15, 0.2) is 0 Å². The molecule has 1 aromatic carbocycles. The van der Waals surface area contributed by atoms with E-state index in [-0.39, 0.29) is 35.7 Å². The number of hydrogen-bond acceptors (Lipinski definition) is 5. The van der Waals surface area contributed by atoms with E-state index in [1.165, 1.54) is 12.2 Å². The van der Waals surface area contributed by atoms with Crippen LogP contribution in [0.15, 0.2) is 36.4 Å². The Bertz CT molecular complexity index is 752. The summed E-state index contributed by atoms with van der Waals surface area (Å²) in [7, 11) is 0. The van der Waals surface area contributed by atoms with Crippen molar-refractivity contribution < 1.29 is 23.9 Å². The summed E-state index contributed by atoms with van der Waals surface area (Å²) in [6.07, 6.45) is 6.88. The molecule has 2 amide bonds. The molecule has 0 aromatic heterocycles. The molecular weight excluding hydrogens is 358 g/mol. The molecule has 2 aliphatic heterocycles. The zero-order valence-electron chi connectivity index (χ0n) is 16.5. The van der Waals surface area contributed by atoms with Gasteiger partial charge in [-0.1, -0.05) is 38.8 Å². The second kappa shape index (κ2) is 8.69. The number of rotatable bonds is 9. The van der Waals surface area contributed by atoms with Gasteiger partial charge in [-0.25, -0.2) is 4.90 Å². The second-order valence-corrected chi connectivity index (χ2v) is 7.55. The zero-order chi connectivity index (χ0) is 20.1. The fourth-order valence-electron chi connectivity index (χ4n) is 3.89. The first-order chi connectivity index (χ1) is 13.5. The average Bonchev–Trinajstić information content (AvgIpc) is 3.01. The summed E-state index contributed by atoms with van der Waals surface area (Å²) in [5.41, 5.74) is 1.22. The molecule has 1 aromatic rings. The minimum atomic E-state index is -0.359. The highest BCUT2D eigenvalue weighted by Gasteiger charge is 2.48. The van der Waals surface area contributed by atoms with Crippen LogP contribution in [-0.2, 0) is 30.3 Å². The minimum Gasteiger partial charge on any atom is -0.465 e. The highest BCUT2D eigenvalue weighted by Crippen LogP contribution is 2.42. The molecule has 0 radical (unpaired) electrons. The monoisotopic (exact) mass is 385 g/mol. The summed E-state index contributed by atoms with van der Waals surface area (Å²) >= 11 is 0. The van der Waals surface area contributed by atoms with Crippen molar-refractivity contribution in [3.05, 3.63) is 42.0 Å². The Balaban J connectivity index is 1.55. The van der Waals surface area contributed by atoms with E-state index in [0.717, 1.165) is 36.1 Å². The number of carbonyl (C=O) groups is 3. The minimum absolute atomic E-state index is 0.0479. The fourth-order valence-corrected chi connectivity index (χ4v) is 3.89. The molecule has 0 spiro atoms. The van der Waals surface area contributed by atoms with E-state index in [0.29, 0.717) is 18.9 Å². The number of nitrogens with zero attached hydrogens (tertiary/aromatic N) is 1. The standard InChI is InChI=1S/C22H27NO5/c1-3-5-18-22(12-4-2,14-27-18)15-28-21(26)13-16-6-8-17(9-7-16)23-19(24)10-11-20(23)25/h6-11,18H,3-5,12-15H2,1-2H3. The molecule has 0 N–H and O–H groups in total. The summed E-state index contributed by atoms with van der Waals surface area (Å²) < 4.78 is 11.3. The Kier molecular flexibility index (Phi) is 6.29. The topological polar surface area (TPSA) is 72.9 Å². The number of hydrogen-bond donors (Lipinski definition) is 0. The van der Waals surface area contributed by atoms with Crippen molar-refractivity contribution >= 4 is 23.5 Å². The normalized spacial score (nSPS) is 23.8. The van der Waals surface area contributed by atoms with Crippen LogP contribution in [0.4, 0.5) is 5.69 Å². The van der Waals surface area contributed by atoms with E-state index < -0.39 is 0 Å². The molecule has 6 nitrogen and oxygen atoms in total. The maximum Gasteiger partial charge on any atom is 0.310 e. The Morgan fingerprint density at radius 1 is 1.14 bits per heavy atom. The van der Waals surface area contributed by atoms with Gasteiger partial charge in [-0.3, -0.25) is 14.4 Å². The van der Waals surface area contributed by atoms with Crippen molar-refractivity contribution in [3.8, 4) is 0 Å². The molecule has 0 saturated carbocycles. The SMILES string of the molecule is CCCC1OCC1(CCC)COC(=O)Cc1ccc(N2C(=O)C=CC2=O)cc1. The van der Waals surface area contributed by atoms with Crippen LogP contribution < -0.4 is 4.90 Å². The molecular formula is C22H27NO5. The number of benzene rings is 1. The first kappa shape index (κ1) is 20.3. The molecule has 0 bridgehead atoms. The maximum atomic E-state index is 12.3. The highest BCUT2D eigenvalue weighted by atomic mass is 16.6. The van der Waals surface area contributed by atoms with E-state index in [9.17, 15) is 14.4 Å². The van der Waals surface area contributed by atoms with Gasteiger partial charge in [-0.05, 0) is 30.5 Å². The van der Waals surface area contributed by atoms with Gasteiger partial charge >= 0.3 is 5.97 Å². The van der Waals surface area contributed by atoms with E-state index in [2.05, 4.69) is 13.8 Å². The molecule has 2 aliphatic rings. The smallest absolute Gasteiger partial charge is 0.310 e. The van der Waals surface area contributed by atoms with Gasteiger partial charge in [0.05, 0.1) is 30.2 Å². The van der Waals surface area contributed by atoms with Crippen LogP contribution in [0.2, 0.25) is 0 Å². The van der Waals surface area contributed by atoms with E-state index >= 15 is 0 Å². The predicted molar refractivity (Wildman–Crippen MR) is 105 cm³/mol. The largest absolute Gasteiger partial charge is 0.465 e. The molecule has 1 fully saturated rings. The lowest BCUT2D eigenvalue weighted by Crippen LogP contribution is -2.55. The van der Waals surface area contributed by atoms with Crippen LogP contribution in [0, 0.1) is 5.41 Å². The number of anilines is 1. The van der Waals surface area contributed by atoms with Gasteiger partial charge in [0.25, 0.3) is 11.8 Å². The number of ether oxygens (including phenoxy) is 2. The lowest BCUT2D eigenvalue weighted by atomic mass is 9.73. The highest BCUT2D eigenvalue weighted by molar-refractivity contribution is 6.28. The molecule has 1 saturated heterocycles. The lowest BCUT2D eigenvalue weighted by molar-refractivity contribution is -0.217. The van der Waals surface area contributed by atoms with Crippen LogP contribution in [-0.4, -0.2) is 37.1 Å². The van der Waals surface area contributed by atoms with Crippen molar-refractivity contribution in [2.75, 3.05) is 18.1 Å². The fraction of sp³-hybridized carbons (Fsp3) is 0.500. The third kappa shape index (κ3) is 4.17. The Morgan fingerprint density at radius 3 is 2.36 bits per heavy atom. The number of carbonyl (C=O) groups excluding carboxylic acids is 3. The van der Waals surface area contributed by atoms with Crippen LogP contribution in [0.25, 0.3) is 0 Å². The number of amides is 2. The quantitative estimate of drug-likeness (QED) is 0.482. The molecule has 150 valence electrons. The number of imide groups is 1. The Morgan fingerprint density at radius 2 is 1.82 bits per heavy atom. The predicted octanol–water partition coefficient (Wildman–Crippen LogP) is 3.19. The summed E-state index contributed by atoms with van der Waals surface area (Å²) in [5.74, 6) is -0.995. The van der Waals surface area contributed by atoms with Gasteiger partial charge in [-0.2, -0.15) is 0 Å². The van der Waals surface area contributed by atoms with Crippen molar-refractivity contribution in [2.45, 2.75) is 52.1 Å². The van der Waals surface area contributed by atoms with Crippen molar-refractivity contribution in [1.29, 1.82) is 0 Å². The molecule has 2 atom stereocenters. The average molecular weight is 385 g/mol. The van der Waals surface area contributed by atoms with Gasteiger partial charge in [0.2, 0.25) is 0 Å². The zero-order valence-corrected chi connectivity index (χ0v) is 16.5. The third-order valence-electron chi connectivity index (χ3n) is 5.43. The van der Waals surface area contributed by atoms with Crippen LogP contribution in [0.3, 0.4) is 0 Å². The molecule has 0 aliphatic carbocycles. The Labute approximate surface area is 165 Å². The van der Waals surface area contributed by atoms with Crippen LogP contribution in [0.5, 0.6) is 0 Å². The molecule has 6 heteroatoms. The summed E-state index contributed by atoms with van der Waals surface area (Å²) in [5, 5.41) is 0. The molecule has 28 heavy (non-hydrogen) atoms. The lowest BCUT2D eigenvalue weighted by Gasteiger charge is -2.49. The van der Waals surface area contributed by atoms with Gasteiger partial charge in [0.1, 0.15) is 6.61 Å². The van der Waals surface area contributed by atoms with Crippen LogP contribution in [0.1, 0.15) is 45.1 Å². The van der Waals surface area contributed by atoms with Gasteiger partial charge in [-0.15, -0.1) is 0 Å². The first-order valence-corrected chi connectivity index (χ1v) is 9.91. The Hall–Kier alpha value is -2.47. The van der Waals surface area contributed by atoms with Crippen molar-refractivity contribution in [1.82, 2.24) is 0 Å². The number of esters is 1. The van der Waals surface area contributed by atoms with E-state index in [1.54, 1.807) is 24.3 Å². The molecule has 3 rings (SSSR count). The van der Waals surface area contributed by atoms with E-state index in [1.807, 2.05) is 0 Å². The molecule has 2 unspecified atom stereocenters. The summed E-state index contributed by atoms with van der Waals surface area (Å²) in [4.78, 5) is 36.9. The van der Waals surface area contributed by atoms with E-state index in [4.69, 9.17) is 9.47 Å². The summed E-state index contributed by atoms with van der Waals surface area (Å²) in [6.45, 7) is 5.31. The summed E-state index contributed by atoms with van der Waals surface area (Å²) in [6, 6.07) is 6.81. The van der Waals surface area contributed by atoms with Crippen LogP contribution >= 0.6 is 0 Å². The second-order valence-electron chi connectivity index (χ2n) is 7.55. The van der Waals surface area contributed by atoms with Crippen molar-refractivity contribution in [2.24, 2.45) is 5.41 Å². The van der Waals surface area contributed by atoms with Crippen molar-refractivity contribution in [3.63, 3.8) is 0 Å². The maximum absolute atomic E-state index is 12.3.